The highest BCUT2D eigenvalue weighted by atomic mass is 15.3. The molecule has 3 nitrogen and oxygen atoms in total. The van der Waals surface area contributed by atoms with Gasteiger partial charge in [0.25, 0.3) is 0 Å². The van der Waals surface area contributed by atoms with Gasteiger partial charge >= 0.3 is 0 Å². The smallest absolute Gasteiger partial charge is 0.0358 e. The van der Waals surface area contributed by atoms with E-state index < -0.39 is 0 Å². The molecule has 0 aromatic heterocycles. The Morgan fingerprint density at radius 1 is 1.28 bits per heavy atom. The van der Waals surface area contributed by atoms with Crippen molar-refractivity contribution in [2.24, 2.45) is 5.73 Å². The lowest BCUT2D eigenvalue weighted by Gasteiger charge is -2.49. The van der Waals surface area contributed by atoms with Crippen LogP contribution in [0.15, 0.2) is 0 Å². The molecule has 0 atom stereocenters. The van der Waals surface area contributed by atoms with Gasteiger partial charge in [-0.25, -0.2) is 0 Å². The van der Waals surface area contributed by atoms with Crippen LogP contribution in [0.5, 0.6) is 0 Å². The Kier molecular flexibility index (Phi) is 4.68. The minimum atomic E-state index is 0.308. The van der Waals surface area contributed by atoms with Gasteiger partial charge in [-0.2, -0.15) is 0 Å². The van der Waals surface area contributed by atoms with E-state index in [-0.39, 0.29) is 0 Å². The Bertz CT molecular complexity index is 252. The van der Waals surface area contributed by atoms with Crippen LogP contribution in [0.4, 0.5) is 0 Å². The summed E-state index contributed by atoms with van der Waals surface area (Å²) in [5.41, 5.74) is 6.50. The Labute approximate surface area is 113 Å². The predicted octanol–water partition coefficient (Wildman–Crippen LogP) is 2.06. The third kappa shape index (κ3) is 2.89. The van der Waals surface area contributed by atoms with Crippen molar-refractivity contribution < 1.29 is 0 Å². The summed E-state index contributed by atoms with van der Waals surface area (Å²) in [4.78, 5) is 5.37. The first-order chi connectivity index (χ1) is 8.63. The van der Waals surface area contributed by atoms with Crippen molar-refractivity contribution in [2.45, 2.75) is 70.5 Å². The molecular weight excluding hydrogens is 222 g/mol. The SMILES string of the molecule is CCCN(C1CC1)C1(CN)CCN(C(C)C)CC1. The van der Waals surface area contributed by atoms with Crippen molar-refractivity contribution >= 4 is 0 Å². The number of piperidine rings is 1. The van der Waals surface area contributed by atoms with Crippen molar-refractivity contribution in [3.8, 4) is 0 Å². The van der Waals surface area contributed by atoms with E-state index in [0.29, 0.717) is 11.6 Å². The summed E-state index contributed by atoms with van der Waals surface area (Å²) in [6, 6.07) is 1.53. The van der Waals surface area contributed by atoms with E-state index in [0.717, 1.165) is 12.6 Å². The summed E-state index contributed by atoms with van der Waals surface area (Å²) < 4.78 is 0. The quantitative estimate of drug-likeness (QED) is 0.786. The Hall–Kier alpha value is -0.120. The zero-order valence-electron chi connectivity index (χ0n) is 12.5. The molecule has 3 heteroatoms. The predicted molar refractivity (Wildman–Crippen MR) is 77.7 cm³/mol. The summed E-state index contributed by atoms with van der Waals surface area (Å²) in [5, 5.41) is 0. The minimum absolute atomic E-state index is 0.308. The fourth-order valence-electron chi connectivity index (χ4n) is 3.50. The third-order valence-electron chi connectivity index (χ3n) is 4.90. The molecule has 0 aromatic rings. The van der Waals surface area contributed by atoms with Crippen LogP contribution in [-0.4, -0.2) is 53.6 Å². The Morgan fingerprint density at radius 2 is 1.89 bits per heavy atom. The standard InChI is InChI=1S/C15H31N3/c1-4-9-18(14-5-6-14)15(12-16)7-10-17(11-8-15)13(2)3/h13-14H,4-12,16H2,1-3H3. The summed E-state index contributed by atoms with van der Waals surface area (Å²) in [5.74, 6) is 0. The van der Waals surface area contributed by atoms with Gasteiger partial charge in [0.2, 0.25) is 0 Å². The molecule has 0 spiro atoms. The van der Waals surface area contributed by atoms with Crippen molar-refractivity contribution in [3.05, 3.63) is 0 Å². The van der Waals surface area contributed by atoms with Crippen LogP contribution in [0.3, 0.4) is 0 Å². The number of nitrogens with two attached hydrogens (primary N) is 1. The molecule has 0 bridgehead atoms. The number of likely N-dealkylation sites (tertiary alicyclic amines) is 1. The average molecular weight is 253 g/mol. The zero-order chi connectivity index (χ0) is 13.2. The highest BCUT2D eigenvalue weighted by molar-refractivity contribution is 5.02. The van der Waals surface area contributed by atoms with Crippen molar-refractivity contribution in [1.29, 1.82) is 0 Å². The highest BCUT2D eigenvalue weighted by Crippen LogP contribution is 2.38. The van der Waals surface area contributed by atoms with Gasteiger partial charge in [0, 0.05) is 37.3 Å². The molecular formula is C15H31N3. The molecule has 2 aliphatic rings. The Balaban J connectivity index is 2.01. The van der Waals surface area contributed by atoms with Gasteiger partial charge in [0.15, 0.2) is 0 Å². The molecule has 0 amide bonds. The van der Waals surface area contributed by atoms with Crippen LogP contribution in [0.1, 0.15) is 52.9 Å². The van der Waals surface area contributed by atoms with E-state index in [2.05, 4.69) is 30.6 Å². The number of rotatable bonds is 6. The maximum atomic E-state index is 6.20. The zero-order valence-corrected chi connectivity index (χ0v) is 12.5. The Morgan fingerprint density at radius 3 is 2.28 bits per heavy atom. The van der Waals surface area contributed by atoms with Gasteiger partial charge in [0.1, 0.15) is 0 Å². The van der Waals surface area contributed by atoms with Crippen LogP contribution in [0.2, 0.25) is 0 Å². The highest BCUT2D eigenvalue weighted by Gasteiger charge is 2.44. The van der Waals surface area contributed by atoms with Crippen LogP contribution in [0, 0.1) is 0 Å². The maximum Gasteiger partial charge on any atom is 0.0358 e. The summed E-state index contributed by atoms with van der Waals surface area (Å²) in [7, 11) is 0. The lowest BCUT2D eigenvalue weighted by atomic mass is 9.84. The van der Waals surface area contributed by atoms with Crippen LogP contribution < -0.4 is 5.73 Å². The first-order valence-corrected chi connectivity index (χ1v) is 7.84. The topological polar surface area (TPSA) is 32.5 Å². The molecule has 1 aliphatic heterocycles. The lowest BCUT2D eigenvalue weighted by Crippen LogP contribution is -2.60. The average Bonchev–Trinajstić information content (AvgIpc) is 3.20. The lowest BCUT2D eigenvalue weighted by molar-refractivity contribution is 0.0121. The van der Waals surface area contributed by atoms with Crippen molar-refractivity contribution in [1.82, 2.24) is 9.80 Å². The molecule has 2 fully saturated rings. The number of nitrogens with zero attached hydrogens (tertiary/aromatic N) is 2. The maximum absolute atomic E-state index is 6.20. The van der Waals surface area contributed by atoms with Gasteiger partial charge in [-0.3, -0.25) is 4.90 Å². The van der Waals surface area contributed by atoms with E-state index in [1.807, 2.05) is 0 Å². The monoisotopic (exact) mass is 253 g/mol. The van der Waals surface area contributed by atoms with Crippen LogP contribution >= 0.6 is 0 Å². The van der Waals surface area contributed by atoms with Crippen molar-refractivity contribution in [2.75, 3.05) is 26.2 Å². The molecule has 0 aromatic carbocycles. The second kappa shape index (κ2) is 5.89. The second-order valence-electron chi connectivity index (χ2n) is 6.48. The summed E-state index contributed by atoms with van der Waals surface area (Å²) >= 11 is 0. The second-order valence-corrected chi connectivity index (χ2v) is 6.48. The fourth-order valence-corrected chi connectivity index (χ4v) is 3.50. The first kappa shape index (κ1) is 14.3. The first-order valence-electron chi connectivity index (χ1n) is 7.84. The van der Waals surface area contributed by atoms with E-state index in [1.165, 1.54) is 51.7 Å². The number of hydrogen-bond donors (Lipinski definition) is 1. The molecule has 1 aliphatic carbocycles. The molecule has 2 N–H and O–H groups in total. The van der Waals surface area contributed by atoms with Gasteiger partial charge < -0.3 is 10.6 Å². The molecule has 1 saturated carbocycles. The molecule has 0 radical (unpaired) electrons. The van der Waals surface area contributed by atoms with Gasteiger partial charge in [-0.15, -0.1) is 0 Å². The minimum Gasteiger partial charge on any atom is -0.329 e. The summed E-state index contributed by atoms with van der Waals surface area (Å²) in [6.07, 6.45) is 6.58. The molecule has 1 heterocycles. The fraction of sp³-hybridized carbons (Fsp3) is 1.00. The van der Waals surface area contributed by atoms with Gasteiger partial charge in [-0.05, 0) is 52.5 Å². The van der Waals surface area contributed by atoms with Gasteiger partial charge in [-0.1, -0.05) is 6.92 Å². The molecule has 0 unspecified atom stereocenters. The van der Waals surface area contributed by atoms with Crippen LogP contribution in [0.25, 0.3) is 0 Å². The molecule has 1 saturated heterocycles. The molecule has 2 rings (SSSR count). The van der Waals surface area contributed by atoms with E-state index in [4.69, 9.17) is 5.73 Å². The van der Waals surface area contributed by atoms with E-state index >= 15 is 0 Å². The van der Waals surface area contributed by atoms with E-state index in [9.17, 15) is 0 Å². The van der Waals surface area contributed by atoms with Gasteiger partial charge in [0.05, 0.1) is 0 Å². The molecule has 18 heavy (non-hydrogen) atoms. The normalized spacial score (nSPS) is 25.0. The third-order valence-corrected chi connectivity index (χ3v) is 4.90. The largest absolute Gasteiger partial charge is 0.329 e. The van der Waals surface area contributed by atoms with Crippen molar-refractivity contribution in [3.63, 3.8) is 0 Å². The summed E-state index contributed by atoms with van der Waals surface area (Å²) in [6.45, 7) is 11.4. The van der Waals surface area contributed by atoms with Crippen LogP contribution in [-0.2, 0) is 0 Å². The molecule has 106 valence electrons. The van der Waals surface area contributed by atoms with E-state index in [1.54, 1.807) is 0 Å². The number of hydrogen-bond acceptors (Lipinski definition) is 3.